The van der Waals surface area contributed by atoms with E-state index in [1.54, 1.807) is 0 Å². The van der Waals surface area contributed by atoms with Gasteiger partial charge in [-0.25, -0.2) is 8.42 Å². The molecule has 74 valence electrons. The van der Waals surface area contributed by atoms with Crippen molar-refractivity contribution in [1.29, 1.82) is 5.26 Å². The van der Waals surface area contributed by atoms with Crippen LogP contribution in [0.2, 0.25) is 0 Å². The summed E-state index contributed by atoms with van der Waals surface area (Å²) >= 11 is 0. The van der Waals surface area contributed by atoms with Gasteiger partial charge in [0.2, 0.25) is 15.9 Å². The number of hydrogen-bond donors (Lipinski definition) is 2. The van der Waals surface area contributed by atoms with E-state index in [-0.39, 0.29) is 0 Å². The van der Waals surface area contributed by atoms with Crippen molar-refractivity contribution in [2.45, 2.75) is 19.4 Å². The summed E-state index contributed by atoms with van der Waals surface area (Å²) in [5, 5.41) is 8.15. The van der Waals surface area contributed by atoms with Gasteiger partial charge in [0.05, 0.1) is 6.07 Å². The third kappa shape index (κ3) is 3.87. The molecule has 0 aliphatic carbocycles. The van der Waals surface area contributed by atoms with Gasteiger partial charge in [0, 0.05) is 0 Å². The lowest BCUT2D eigenvalue weighted by molar-refractivity contribution is -0.122. The Morgan fingerprint density at radius 3 is 2.38 bits per heavy atom. The maximum Gasteiger partial charge on any atom is 0.238 e. The molecule has 0 spiro atoms. The van der Waals surface area contributed by atoms with Crippen LogP contribution in [-0.4, -0.2) is 25.6 Å². The van der Waals surface area contributed by atoms with Gasteiger partial charge in [-0.05, 0) is 13.8 Å². The van der Waals surface area contributed by atoms with E-state index in [9.17, 15) is 13.2 Å². The molecule has 13 heavy (non-hydrogen) atoms. The zero-order valence-corrected chi connectivity index (χ0v) is 8.18. The number of nitrogens with zero attached hydrogens (tertiary/aromatic N) is 1. The molecule has 0 unspecified atom stereocenters. The van der Waals surface area contributed by atoms with Crippen LogP contribution in [0.5, 0.6) is 0 Å². The van der Waals surface area contributed by atoms with Gasteiger partial charge in [-0.15, -0.1) is 0 Å². The van der Waals surface area contributed by atoms with Gasteiger partial charge < -0.3 is 5.73 Å². The average molecular weight is 205 g/mol. The molecule has 1 amide bonds. The largest absolute Gasteiger partial charge is 0.368 e. The molecule has 0 aromatic carbocycles. The summed E-state index contributed by atoms with van der Waals surface area (Å²) < 4.78 is 24.0. The number of rotatable bonds is 4. The summed E-state index contributed by atoms with van der Waals surface area (Å²) in [6.45, 7) is 2.65. The minimum atomic E-state index is -3.75. The molecular weight excluding hydrogens is 194 g/mol. The zero-order valence-electron chi connectivity index (χ0n) is 7.36. The van der Waals surface area contributed by atoms with E-state index in [0.717, 1.165) is 0 Å². The number of sulfonamides is 1. The van der Waals surface area contributed by atoms with Crippen molar-refractivity contribution in [3.05, 3.63) is 0 Å². The maximum atomic E-state index is 11.0. The van der Waals surface area contributed by atoms with Crippen LogP contribution in [0.1, 0.15) is 13.8 Å². The fraction of sp³-hybridized carbons (Fsp3) is 0.667. The molecule has 0 atom stereocenters. The number of nitrogens with two attached hydrogens (primary N) is 1. The molecule has 3 N–H and O–H groups in total. The van der Waals surface area contributed by atoms with Gasteiger partial charge in [-0.3, -0.25) is 4.79 Å². The van der Waals surface area contributed by atoms with Gasteiger partial charge in [-0.2, -0.15) is 9.98 Å². The van der Waals surface area contributed by atoms with Crippen LogP contribution in [0, 0.1) is 11.3 Å². The van der Waals surface area contributed by atoms with Gasteiger partial charge in [-0.1, -0.05) is 0 Å². The molecule has 6 nitrogen and oxygen atoms in total. The lowest BCUT2D eigenvalue weighted by atomic mass is 10.1. The van der Waals surface area contributed by atoms with Gasteiger partial charge in [0.25, 0.3) is 0 Å². The van der Waals surface area contributed by atoms with Gasteiger partial charge in [0.15, 0.2) is 5.75 Å². The van der Waals surface area contributed by atoms with E-state index < -0.39 is 27.2 Å². The van der Waals surface area contributed by atoms with E-state index in [0.29, 0.717) is 0 Å². The average Bonchev–Trinajstić information content (AvgIpc) is 1.83. The second-order valence-corrected chi connectivity index (χ2v) is 4.73. The number of nitrogens with one attached hydrogen (secondary N) is 1. The quantitative estimate of drug-likeness (QED) is 0.593. The number of amides is 1. The molecule has 0 heterocycles. The summed E-state index contributed by atoms with van der Waals surface area (Å²) in [4.78, 5) is 10.7. The Labute approximate surface area is 76.8 Å². The minimum absolute atomic E-state index is 0.691. The first kappa shape index (κ1) is 11.9. The van der Waals surface area contributed by atoms with Crippen LogP contribution < -0.4 is 10.5 Å². The highest BCUT2D eigenvalue weighted by atomic mass is 32.2. The van der Waals surface area contributed by atoms with Gasteiger partial charge >= 0.3 is 0 Å². The molecule has 0 aliphatic heterocycles. The summed E-state index contributed by atoms with van der Waals surface area (Å²) in [6.07, 6.45) is 0. The molecule has 0 aliphatic rings. The maximum absolute atomic E-state index is 11.0. The number of nitriles is 1. The van der Waals surface area contributed by atoms with Crippen LogP contribution >= 0.6 is 0 Å². The Bertz CT molecular complexity index is 339. The second-order valence-electron chi connectivity index (χ2n) is 3.01. The third-order valence-corrected chi connectivity index (χ3v) is 2.61. The standard InChI is InChI=1S/C6H11N3O3S/c1-6(2,5(8)10)9-13(11,12)4-3-7/h9H,4H2,1-2H3,(H2,8,10). The summed E-state index contributed by atoms with van der Waals surface area (Å²) in [5.41, 5.74) is 3.56. The summed E-state index contributed by atoms with van der Waals surface area (Å²) in [6, 6.07) is 1.47. The number of carbonyl (C=O) groups excluding carboxylic acids is 1. The van der Waals surface area contributed by atoms with Crippen LogP contribution in [0.25, 0.3) is 0 Å². The van der Waals surface area contributed by atoms with Crippen molar-refractivity contribution < 1.29 is 13.2 Å². The smallest absolute Gasteiger partial charge is 0.238 e. The first-order valence-electron chi connectivity index (χ1n) is 3.40. The topological polar surface area (TPSA) is 113 Å². The van der Waals surface area contributed by atoms with Crippen molar-refractivity contribution in [2.75, 3.05) is 5.75 Å². The Balaban J connectivity index is 4.65. The first-order chi connectivity index (χ1) is 5.71. The first-order valence-corrected chi connectivity index (χ1v) is 5.05. The number of hydrogen-bond acceptors (Lipinski definition) is 4. The fourth-order valence-corrected chi connectivity index (χ4v) is 1.68. The zero-order chi connectivity index (χ0) is 10.7. The summed E-state index contributed by atoms with van der Waals surface area (Å²) in [5.74, 6) is -1.49. The third-order valence-electron chi connectivity index (χ3n) is 1.28. The molecule has 0 aromatic heterocycles. The van der Waals surface area contributed by atoms with E-state index in [1.807, 2.05) is 4.72 Å². The SMILES string of the molecule is CC(C)(NS(=O)(=O)CC#N)C(N)=O. The Morgan fingerprint density at radius 1 is 1.62 bits per heavy atom. The van der Waals surface area contributed by atoms with Crippen LogP contribution in [-0.2, 0) is 14.8 Å². The Morgan fingerprint density at radius 2 is 2.08 bits per heavy atom. The summed E-state index contributed by atoms with van der Waals surface area (Å²) in [7, 11) is -3.75. The number of primary amides is 1. The van der Waals surface area contributed by atoms with E-state index in [1.165, 1.54) is 19.9 Å². The lowest BCUT2D eigenvalue weighted by Crippen LogP contribution is -2.53. The highest BCUT2D eigenvalue weighted by molar-refractivity contribution is 7.89. The monoisotopic (exact) mass is 205 g/mol. The molecular formula is C6H11N3O3S. The predicted molar refractivity (Wildman–Crippen MR) is 45.8 cm³/mol. The lowest BCUT2D eigenvalue weighted by Gasteiger charge is -2.20. The van der Waals surface area contributed by atoms with Crippen LogP contribution in [0.3, 0.4) is 0 Å². The Kier molecular flexibility index (Phi) is 3.40. The van der Waals surface area contributed by atoms with Crippen molar-refractivity contribution in [3.63, 3.8) is 0 Å². The number of carbonyl (C=O) groups is 1. The highest BCUT2D eigenvalue weighted by Gasteiger charge is 2.29. The van der Waals surface area contributed by atoms with E-state index in [4.69, 9.17) is 11.0 Å². The Hall–Kier alpha value is -1.13. The fourth-order valence-electron chi connectivity index (χ4n) is 0.560. The molecule has 0 rings (SSSR count). The van der Waals surface area contributed by atoms with E-state index in [2.05, 4.69) is 0 Å². The molecule has 7 heteroatoms. The molecule has 0 bridgehead atoms. The molecule has 0 aromatic rings. The minimum Gasteiger partial charge on any atom is -0.368 e. The van der Waals surface area contributed by atoms with Crippen LogP contribution in [0.4, 0.5) is 0 Å². The predicted octanol–water partition coefficient (Wildman–Crippen LogP) is -1.31. The van der Waals surface area contributed by atoms with Crippen molar-refractivity contribution in [1.82, 2.24) is 4.72 Å². The molecule has 0 fully saturated rings. The molecule has 0 saturated heterocycles. The van der Waals surface area contributed by atoms with Crippen LogP contribution in [0.15, 0.2) is 0 Å². The molecule has 0 saturated carbocycles. The highest BCUT2D eigenvalue weighted by Crippen LogP contribution is 2.02. The van der Waals surface area contributed by atoms with Gasteiger partial charge in [0.1, 0.15) is 5.54 Å². The van der Waals surface area contributed by atoms with E-state index >= 15 is 0 Å². The molecule has 0 radical (unpaired) electrons. The second kappa shape index (κ2) is 3.72. The van der Waals surface area contributed by atoms with Crippen molar-refractivity contribution in [3.8, 4) is 6.07 Å². The van der Waals surface area contributed by atoms with Crippen molar-refractivity contribution >= 4 is 15.9 Å². The normalized spacial score (nSPS) is 12.1. The van der Waals surface area contributed by atoms with Crippen molar-refractivity contribution in [2.24, 2.45) is 5.73 Å².